The molecular formula is C29H34N6O6. The van der Waals surface area contributed by atoms with E-state index in [1.54, 1.807) is 25.1 Å². The van der Waals surface area contributed by atoms with Crippen molar-refractivity contribution in [2.45, 2.75) is 50.9 Å². The molecule has 3 aliphatic heterocycles. The molecule has 2 aromatic rings. The van der Waals surface area contributed by atoms with Gasteiger partial charge in [0.15, 0.2) is 6.29 Å². The summed E-state index contributed by atoms with van der Waals surface area (Å²) < 4.78 is 16.6. The van der Waals surface area contributed by atoms with Crippen LogP contribution in [0.5, 0.6) is 0 Å². The Morgan fingerprint density at radius 3 is 2.88 bits per heavy atom. The van der Waals surface area contributed by atoms with Crippen LogP contribution in [0, 0.1) is 17.2 Å². The van der Waals surface area contributed by atoms with E-state index in [0.717, 1.165) is 17.5 Å². The lowest BCUT2D eigenvalue weighted by Gasteiger charge is -2.30. The van der Waals surface area contributed by atoms with Gasteiger partial charge in [0.05, 0.1) is 24.9 Å². The zero-order chi connectivity index (χ0) is 28.9. The Morgan fingerprint density at radius 2 is 2.15 bits per heavy atom. The number of carbonyl (C=O) groups excluding carboxylic acids is 3. The van der Waals surface area contributed by atoms with Crippen LogP contribution in [-0.4, -0.2) is 85.8 Å². The standard InChI is InChI=1S/C29H34N6O6/c1-34(28(37)24-6-4-8-41-24)14-20-9-18-5-3-7-35(27(18)32-23(20)15-36)29(38)33-26-11-19(22(12-30)13-31-26)10-21-16-40-17-25(21)39-2/h9,11,13,15,21,24-25H,3-8,10,14,16-17H2,1-2H3,(H,31,33,38)/t21-,24+,25-/m0/s1. The lowest BCUT2D eigenvalue weighted by molar-refractivity contribution is -0.140. The lowest BCUT2D eigenvalue weighted by atomic mass is 9.94. The van der Waals surface area contributed by atoms with Gasteiger partial charge in [-0.3, -0.25) is 19.8 Å². The van der Waals surface area contributed by atoms with Gasteiger partial charge in [0.25, 0.3) is 5.91 Å². The predicted molar refractivity (Wildman–Crippen MR) is 148 cm³/mol. The SMILES string of the molecule is CO[C@H]1COC[C@@H]1Cc1cc(NC(=O)N2CCCc3cc(CN(C)C(=O)[C@H]4CCCO4)c(C=O)nc32)ncc1C#N. The Labute approximate surface area is 238 Å². The van der Waals surface area contributed by atoms with Crippen LogP contribution >= 0.6 is 0 Å². The van der Waals surface area contributed by atoms with Gasteiger partial charge in [-0.15, -0.1) is 0 Å². The second-order valence-electron chi connectivity index (χ2n) is 10.6. The van der Waals surface area contributed by atoms with Gasteiger partial charge < -0.3 is 19.1 Å². The normalized spacial score (nSPS) is 21.7. The van der Waals surface area contributed by atoms with Crippen LogP contribution in [-0.2, 0) is 38.4 Å². The first-order valence-corrected chi connectivity index (χ1v) is 13.8. The fourth-order valence-corrected chi connectivity index (χ4v) is 5.66. The van der Waals surface area contributed by atoms with E-state index in [1.165, 1.54) is 11.1 Å². The van der Waals surface area contributed by atoms with E-state index in [9.17, 15) is 19.6 Å². The topological polar surface area (TPSA) is 147 Å². The van der Waals surface area contributed by atoms with Crippen molar-refractivity contribution in [3.05, 3.63) is 46.3 Å². The highest BCUT2D eigenvalue weighted by molar-refractivity contribution is 6.01. The molecule has 5 heterocycles. The summed E-state index contributed by atoms with van der Waals surface area (Å²) in [5.74, 6) is 0.691. The first-order chi connectivity index (χ1) is 19.9. The third kappa shape index (κ3) is 6.22. The molecule has 12 nitrogen and oxygen atoms in total. The van der Waals surface area contributed by atoms with Gasteiger partial charge in [-0.1, -0.05) is 0 Å². The fourth-order valence-electron chi connectivity index (χ4n) is 5.66. The summed E-state index contributed by atoms with van der Waals surface area (Å²) in [5, 5.41) is 12.4. The van der Waals surface area contributed by atoms with E-state index >= 15 is 0 Å². The maximum Gasteiger partial charge on any atom is 0.328 e. The third-order valence-corrected chi connectivity index (χ3v) is 7.89. The number of aromatic nitrogens is 2. The number of ether oxygens (including phenoxy) is 3. The summed E-state index contributed by atoms with van der Waals surface area (Å²) in [7, 11) is 3.33. The third-order valence-electron chi connectivity index (χ3n) is 7.89. The Balaban J connectivity index is 1.33. The molecule has 41 heavy (non-hydrogen) atoms. The summed E-state index contributed by atoms with van der Waals surface area (Å²) in [4.78, 5) is 50.0. The summed E-state index contributed by atoms with van der Waals surface area (Å²) in [6, 6.07) is 5.31. The number of aldehydes is 1. The molecule has 2 aromatic heterocycles. The van der Waals surface area contributed by atoms with E-state index in [4.69, 9.17) is 14.2 Å². The number of anilines is 2. The Kier molecular flexibility index (Phi) is 8.87. The molecule has 0 radical (unpaired) electrons. The number of amides is 3. The van der Waals surface area contributed by atoms with E-state index in [-0.39, 0.29) is 30.2 Å². The maximum atomic E-state index is 13.4. The Morgan fingerprint density at radius 1 is 1.29 bits per heavy atom. The van der Waals surface area contributed by atoms with E-state index in [0.29, 0.717) is 81.1 Å². The number of pyridine rings is 2. The molecule has 5 rings (SSSR count). The van der Waals surface area contributed by atoms with Gasteiger partial charge in [-0.05, 0) is 55.4 Å². The van der Waals surface area contributed by atoms with E-state index < -0.39 is 12.1 Å². The van der Waals surface area contributed by atoms with Crippen LogP contribution in [0.4, 0.5) is 16.4 Å². The molecule has 3 amide bonds. The zero-order valence-electron chi connectivity index (χ0n) is 23.3. The van der Waals surface area contributed by atoms with Crippen molar-refractivity contribution in [3.8, 4) is 6.07 Å². The fraction of sp³-hybridized carbons (Fsp3) is 0.517. The van der Waals surface area contributed by atoms with Gasteiger partial charge in [-0.2, -0.15) is 5.26 Å². The van der Waals surface area contributed by atoms with Gasteiger partial charge in [0.2, 0.25) is 0 Å². The van der Waals surface area contributed by atoms with Gasteiger partial charge in [-0.25, -0.2) is 14.8 Å². The van der Waals surface area contributed by atoms with Gasteiger partial charge in [0, 0.05) is 51.5 Å². The number of nitrogens with one attached hydrogen (secondary N) is 1. The number of nitriles is 1. The number of nitrogens with zero attached hydrogens (tertiary/aromatic N) is 5. The second-order valence-corrected chi connectivity index (χ2v) is 10.6. The largest absolute Gasteiger partial charge is 0.379 e. The van der Waals surface area contributed by atoms with Crippen molar-refractivity contribution < 1.29 is 28.6 Å². The molecule has 2 saturated heterocycles. The molecule has 3 atom stereocenters. The van der Waals surface area contributed by atoms with Crippen LogP contribution in [0.1, 0.15) is 52.0 Å². The molecular weight excluding hydrogens is 528 g/mol. The molecule has 216 valence electrons. The number of hydrogen-bond acceptors (Lipinski definition) is 9. The van der Waals surface area contributed by atoms with E-state index in [2.05, 4.69) is 21.4 Å². The van der Waals surface area contributed by atoms with Crippen LogP contribution < -0.4 is 10.2 Å². The highest BCUT2D eigenvalue weighted by atomic mass is 16.5. The smallest absolute Gasteiger partial charge is 0.328 e. The molecule has 0 saturated carbocycles. The summed E-state index contributed by atoms with van der Waals surface area (Å²) in [6.45, 7) is 2.24. The Bertz CT molecular complexity index is 1350. The first-order valence-electron chi connectivity index (χ1n) is 13.8. The Hall–Kier alpha value is -3.92. The van der Waals surface area contributed by atoms with Crippen molar-refractivity contribution in [1.29, 1.82) is 5.26 Å². The van der Waals surface area contributed by atoms with Crippen LogP contribution in [0.15, 0.2) is 18.3 Å². The molecule has 2 fully saturated rings. The first kappa shape index (κ1) is 28.6. The van der Waals surface area contributed by atoms with Crippen molar-refractivity contribution in [3.63, 3.8) is 0 Å². The van der Waals surface area contributed by atoms with Crippen LogP contribution in [0.3, 0.4) is 0 Å². The monoisotopic (exact) mass is 562 g/mol. The molecule has 0 unspecified atom stereocenters. The number of hydrogen-bond donors (Lipinski definition) is 1. The summed E-state index contributed by atoms with van der Waals surface area (Å²) >= 11 is 0. The molecule has 1 N–H and O–H groups in total. The number of rotatable bonds is 8. The van der Waals surface area contributed by atoms with Crippen LogP contribution in [0.25, 0.3) is 0 Å². The number of aryl methyl sites for hydroxylation is 1. The zero-order valence-corrected chi connectivity index (χ0v) is 23.3. The summed E-state index contributed by atoms with van der Waals surface area (Å²) in [5.41, 5.74) is 2.81. The van der Waals surface area contributed by atoms with Crippen molar-refractivity contribution in [2.75, 3.05) is 50.7 Å². The van der Waals surface area contributed by atoms with Gasteiger partial charge >= 0.3 is 6.03 Å². The molecule has 0 spiro atoms. The van der Waals surface area contributed by atoms with Crippen molar-refractivity contribution in [2.24, 2.45) is 5.92 Å². The minimum absolute atomic E-state index is 0.0606. The molecule has 12 heteroatoms. The summed E-state index contributed by atoms with van der Waals surface area (Å²) in [6.07, 6.45) is 5.08. The van der Waals surface area contributed by atoms with Crippen molar-refractivity contribution in [1.82, 2.24) is 14.9 Å². The number of fused-ring (bicyclic) bond motifs is 1. The quantitative estimate of drug-likeness (QED) is 0.479. The predicted octanol–water partition coefficient (Wildman–Crippen LogP) is 2.49. The number of urea groups is 1. The minimum atomic E-state index is -0.450. The minimum Gasteiger partial charge on any atom is -0.379 e. The highest BCUT2D eigenvalue weighted by Crippen LogP contribution is 2.29. The second kappa shape index (κ2) is 12.7. The maximum absolute atomic E-state index is 13.4. The molecule has 3 aliphatic rings. The average molecular weight is 563 g/mol. The molecule has 0 bridgehead atoms. The van der Waals surface area contributed by atoms with Crippen LogP contribution in [0.2, 0.25) is 0 Å². The molecule has 0 aliphatic carbocycles. The van der Waals surface area contributed by atoms with E-state index in [1.807, 2.05) is 6.07 Å². The number of carbonyl (C=O) groups is 3. The number of likely N-dealkylation sites (N-methyl/N-ethyl adjacent to an activating group) is 1. The average Bonchev–Trinajstić information content (AvgIpc) is 3.68. The number of methoxy groups -OCH3 is 1. The van der Waals surface area contributed by atoms with Gasteiger partial charge in [0.1, 0.15) is 29.5 Å². The lowest BCUT2D eigenvalue weighted by Crippen LogP contribution is -2.40. The highest BCUT2D eigenvalue weighted by Gasteiger charge is 2.31. The van der Waals surface area contributed by atoms with Crippen molar-refractivity contribution >= 4 is 29.9 Å². The molecule has 0 aromatic carbocycles.